The van der Waals surface area contributed by atoms with Gasteiger partial charge in [0.05, 0.1) is 13.0 Å². The number of amides is 1. The molecule has 0 saturated carbocycles. The second-order valence-corrected chi connectivity index (χ2v) is 12.5. The van der Waals surface area contributed by atoms with Crippen LogP contribution in [0.25, 0.3) is 0 Å². The van der Waals surface area contributed by atoms with Crippen molar-refractivity contribution < 1.29 is 23.9 Å². The molecule has 1 heterocycles. The Morgan fingerprint density at radius 3 is 2.17 bits per heavy atom. The van der Waals surface area contributed by atoms with Crippen LogP contribution >= 0.6 is 23.4 Å². The summed E-state index contributed by atoms with van der Waals surface area (Å²) in [5.74, 6) is -0.427. The number of nitrogens with zero attached hydrogens (tertiary/aromatic N) is 1. The van der Waals surface area contributed by atoms with Gasteiger partial charge in [-0.05, 0) is 87.4 Å². The summed E-state index contributed by atoms with van der Waals surface area (Å²) in [6.07, 6.45) is 2.24. The molecule has 8 heteroatoms. The molecule has 1 fully saturated rings. The molecular weight excluding hydrogens is 570 g/mol. The fourth-order valence-electron chi connectivity index (χ4n) is 5.43. The molecular formula is C34H38ClNO5S. The number of rotatable bonds is 10. The van der Waals surface area contributed by atoms with Crippen molar-refractivity contribution in [1.29, 1.82) is 0 Å². The molecule has 2 atom stereocenters. The number of likely N-dealkylation sites (tertiary alicyclic amines) is 1. The largest absolute Gasteiger partial charge is 0.476 e. The molecule has 1 saturated heterocycles. The van der Waals surface area contributed by atoms with Crippen molar-refractivity contribution in [1.82, 2.24) is 4.90 Å². The molecule has 3 aromatic rings. The van der Waals surface area contributed by atoms with Gasteiger partial charge in [0.25, 0.3) is 0 Å². The zero-order chi connectivity index (χ0) is 30.6. The number of hydrogen-bond donors (Lipinski definition) is 0. The summed E-state index contributed by atoms with van der Waals surface area (Å²) >= 11 is 7.65. The fourth-order valence-corrected chi connectivity index (χ4v) is 5.96. The molecule has 0 spiro atoms. The van der Waals surface area contributed by atoms with Gasteiger partial charge in [0.15, 0.2) is 11.4 Å². The third kappa shape index (κ3) is 7.19. The number of carbonyl (C=O) groups excluding carboxylic acids is 3. The Kier molecular flexibility index (Phi) is 10.1. The number of ether oxygens (including phenoxy) is 2. The van der Waals surface area contributed by atoms with Gasteiger partial charge in [0, 0.05) is 40.4 Å². The maximum absolute atomic E-state index is 13.9. The molecule has 3 aromatic carbocycles. The highest BCUT2D eigenvalue weighted by Crippen LogP contribution is 2.39. The third-order valence-electron chi connectivity index (χ3n) is 7.69. The molecule has 0 aliphatic carbocycles. The Morgan fingerprint density at radius 2 is 1.60 bits per heavy atom. The summed E-state index contributed by atoms with van der Waals surface area (Å²) in [5.41, 5.74) is 3.02. The van der Waals surface area contributed by atoms with Crippen molar-refractivity contribution in [2.45, 2.75) is 57.5 Å². The highest BCUT2D eigenvalue weighted by Gasteiger charge is 2.41. The molecule has 1 amide bonds. The van der Waals surface area contributed by atoms with E-state index in [1.807, 2.05) is 68.6 Å². The van der Waals surface area contributed by atoms with Crippen LogP contribution in [0.15, 0.2) is 65.6 Å². The Hall–Kier alpha value is -3.29. The monoisotopic (exact) mass is 607 g/mol. The molecule has 222 valence electrons. The molecule has 0 radical (unpaired) electrons. The van der Waals surface area contributed by atoms with Gasteiger partial charge in [0.1, 0.15) is 5.75 Å². The van der Waals surface area contributed by atoms with Gasteiger partial charge in [0.2, 0.25) is 5.91 Å². The standard InChI is InChI=1S/C34H38ClNO5S/c1-7-40-33(39)34(4,5)41-32-21(2)16-25(17-22(32)3)28-19-36(30(37)18-23-8-12-26(35)13-9-23)20-29(28)31(38)24-10-14-27(42-6)15-11-24/h8-17,28-29H,7,18-20H2,1-6H3/t28-,29?/m1/s1. The number of ketones is 1. The van der Waals surface area contributed by atoms with Crippen molar-refractivity contribution in [2.24, 2.45) is 5.92 Å². The van der Waals surface area contributed by atoms with E-state index in [1.54, 1.807) is 49.6 Å². The van der Waals surface area contributed by atoms with Crippen molar-refractivity contribution in [3.05, 3.63) is 93.5 Å². The van der Waals surface area contributed by atoms with Crippen LogP contribution in [0.3, 0.4) is 0 Å². The van der Waals surface area contributed by atoms with Gasteiger partial charge >= 0.3 is 5.97 Å². The van der Waals surface area contributed by atoms with Crippen LogP contribution in [0, 0.1) is 19.8 Å². The fraction of sp³-hybridized carbons (Fsp3) is 0.382. The summed E-state index contributed by atoms with van der Waals surface area (Å²) in [7, 11) is 0. The van der Waals surface area contributed by atoms with Crippen LogP contribution in [0.1, 0.15) is 59.3 Å². The first kappa shape index (κ1) is 31.6. The predicted molar refractivity (Wildman–Crippen MR) is 168 cm³/mol. The summed E-state index contributed by atoms with van der Waals surface area (Å²) in [5, 5.41) is 0.620. The van der Waals surface area contributed by atoms with Crippen molar-refractivity contribution in [3.63, 3.8) is 0 Å². The number of thioether (sulfide) groups is 1. The van der Waals surface area contributed by atoms with E-state index in [-0.39, 0.29) is 30.6 Å². The molecule has 0 N–H and O–H groups in total. The minimum Gasteiger partial charge on any atom is -0.476 e. The highest BCUT2D eigenvalue weighted by atomic mass is 35.5. The van der Waals surface area contributed by atoms with Crippen LogP contribution in [0.4, 0.5) is 0 Å². The van der Waals surface area contributed by atoms with Crippen LogP contribution < -0.4 is 4.74 Å². The van der Waals surface area contributed by atoms with E-state index < -0.39 is 17.5 Å². The molecule has 1 aliphatic heterocycles. The van der Waals surface area contributed by atoms with Gasteiger partial charge < -0.3 is 14.4 Å². The molecule has 1 unspecified atom stereocenters. The van der Waals surface area contributed by atoms with Gasteiger partial charge in [-0.25, -0.2) is 4.79 Å². The molecule has 42 heavy (non-hydrogen) atoms. The molecule has 4 rings (SSSR count). The second-order valence-electron chi connectivity index (χ2n) is 11.2. The zero-order valence-electron chi connectivity index (χ0n) is 25.0. The third-order valence-corrected chi connectivity index (χ3v) is 8.68. The Labute approximate surface area is 257 Å². The van der Waals surface area contributed by atoms with Crippen LogP contribution in [-0.2, 0) is 20.7 Å². The lowest BCUT2D eigenvalue weighted by Gasteiger charge is -2.27. The summed E-state index contributed by atoms with van der Waals surface area (Å²) in [6, 6.07) is 18.9. The highest BCUT2D eigenvalue weighted by molar-refractivity contribution is 7.98. The van der Waals surface area contributed by atoms with Crippen LogP contribution in [0.5, 0.6) is 5.75 Å². The lowest BCUT2D eigenvalue weighted by atomic mass is 9.82. The van der Waals surface area contributed by atoms with E-state index in [0.29, 0.717) is 29.4 Å². The first-order chi connectivity index (χ1) is 19.9. The maximum Gasteiger partial charge on any atom is 0.349 e. The van der Waals surface area contributed by atoms with E-state index in [2.05, 4.69) is 0 Å². The number of carbonyl (C=O) groups is 3. The molecule has 6 nitrogen and oxygen atoms in total. The lowest BCUT2D eigenvalue weighted by molar-refractivity contribution is -0.158. The van der Waals surface area contributed by atoms with Crippen molar-refractivity contribution in [3.8, 4) is 5.75 Å². The zero-order valence-corrected chi connectivity index (χ0v) is 26.6. The summed E-state index contributed by atoms with van der Waals surface area (Å²) < 4.78 is 11.4. The normalized spacial score (nSPS) is 16.8. The average Bonchev–Trinajstić information content (AvgIpc) is 3.42. The number of aryl methyl sites for hydroxylation is 2. The Balaban J connectivity index is 1.65. The van der Waals surface area contributed by atoms with Crippen LogP contribution in [0.2, 0.25) is 5.02 Å². The van der Waals surface area contributed by atoms with Crippen molar-refractivity contribution >= 4 is 41.0 Å². The minimum atomic E-state index is -1.16. The molecule has 1 aliphatic rings. The second kappa shape index (κ2) is 13.3. The number of hydrogen-bond acceptors (Lipinski definition) is 6. The first-order valence-electron chi connectivity index (χ1n) is 14.1. The van der Waals surface area contributed by atoms with E-state index >= 15 is 0 Å². The minimum absolute atomic E-state index is 0.0218. The quantitative estimate of drug-likeness (QED) is 0.139. The van der Waals surface area contributed by atoms with E-state index in [4.69, 9.17) is 21.1 Å². The van der Waals surface area contributed by atoms with E-state index in [1.165, 1.54) is 0 Å². The SMILES string of the molecule is CCOC(=O)C(C)(C)Oc1c(C)cc([C@H]2CN(C(=O)Cc3ccc(Cl)cc3)CC2C(=O)c2ccc(SC)cc2)cc1C. The summed E-state index contributed by atoms with van der Waals surface area (Å²) in [4.78, 5) is 42.7. The van der Waals surface area contributed by atoms with Gasteiger partial charge in [-0.3, -0.25) is 9.59 Å². The number of Topliss-reactive ketones (excluding diaryl/α,β-unsaturated/α-hetero) is 1. The molecule has 0 aromatic heterocycles. The van der Waals surface area contributed by atoms with Crippen LogP contribution in [-0.4, -0.2) is 54.1 Å². The van der Waals surface area contributed by atoms with Gasteiger partial charge in [-0.2, -0.15) is 0 Å². The van der Waals surface area contributed by atoms with Crippen molar-refractivity contribution in [2.75, 3.05) is 26.0 Å². The van der Waals surface area contributed by atoms with Gasteiger partial charge in [-0.15, -0.1) is 11.8 Å². The first-order valence-corrected chi connectivity index (χ1v) is 15.7. The maximum atomic E-state index is 13.9. The Bertz CT molecular complexity index is 1430. The van der Waals surface area contributed by atoms with Gasteiger partial charge in [-0.1, -0.05) is 48.0 Å². The smallest absolute Gasteiger partial charge is 0.349 e. The number of halogens is 1. The average molecular weight is 608 g/mol. The number of benzene rings is 3. The topological polar surface area (TPSA) is 72.9 Å². The van der Waals surface area contributed by atoms with E-state index in [0.717, 1.165) is 27.1 Å². The van der Waals surface area contributed by atoms with E-state index in [9.17, 15) is 14.4 Å². The Morgan fingerprint density at radius 1 is 0.976 bits per heavy atom. The lowest BCUT2D eigenvalue weighted by Crippen LogP contribution is -2.40. The predicted octanol–water partition coefficient (Wildman–Crippen LogP) is 7.07. The molecule has 0 bridgehead atoms. The summed E-state index contributed by atoms with van der Waals surface area (Å²) in [6.45, 7) is 10.1. The number of esters is 1.